The molecule has 0 heterocycles. The van der Waals surface area contributed by atoms with Crippen LogP contribution in [0.5, 0.6) is 11.5 Å². The molecule has 0 bridgehead atoms. The Labute approximate surface area is 223 Å². The number of esters is 1. The summed E-state index contributed by atoms with van der Waals surface area (Å²) in [5.41, 5.74) is 7.60. The van der Waals surface area contributed by atoms with Crippen LogP contribution in [0.4, 0.5) is 8.78 Å². The number of carbonyl (C=O) groups excluding carboxylic acids is 3. The average molecular weight is 542 g/mol. The van der Waals surface area contributed by atoms with Gasteiger partial charge in [0.2, 0.25) is 11.8 Å². The van der Waals surface area contributed by atoms with Crippen molar-refractivity contribution in [2.24, 2.45) is 5.73 Å². The van der Waals surface area contributed by atoms with E-state index in [9.17, 15) is 33.4 Å². The predicted octanol–water partition coefficient (Wildman–Crippen LogP) is 1.87. The van der Waals surface area contributed by atoms with Crippen molar-refractivity contribution in [1.82, 2.24) is 10.6 Å². The molecule has 0 radical (unpaired) electrons. The molecule has 0 fully saturated rings. The van der Waals surface area contributed by atoms with E-state index in [2.05, 4.69) is 10.6 Å². The lowest BCUT2D eigenvalue weighted by molar-refractivity contribution is -0.145. The molecular formula is C28H29F2N3O6. The Morgan fingerprint density at radius 1 is 0.744 bits per heavy atom. The Bertz CT molecular complexity index is 1300. The van der Waals surface area contributed by atoms with E-state index in [-0.39, 0.29) is 30.8 Å². The number of nitrogens with one attached hydrogen (secondary N) is 2. The third-order valence-corrected chi connectivity index (χ3v) is 5.97. The molecule has 3 atom stereocenters. The summed E-state index contributed by atoms with van der Waals surface area (Å²) in [7, 11) is 1.16. The van der Waals surface area contributed by atoms with Crippen molar-refractivity contribution in [3.8, 4) is 11.5 Å². The second kappa shape index (κ2) is 13.3. The molecule has 0 aliphatic rings. The third-order valence-electron chi connectivity index (χ3n) is 5.97. The SMILES string of the molecule is COC(=O)[C@@H](Cc1ccc(F)cc1)NC(=O)[C@H](Cc1ccc(F)cc1)NC(=O)[C@@H](N)Cc1ccc(O)c(O)c1. The van der Waals surface area contributed by atoms with Gasteiger partial charge in [-0.2, -0.15) is 0 Å². The average Bonchev–Trinajstić information content (AvgIpc) is 2.91. The highest BCUT2D eigenvalue weighted by Crippen LogP contribution is 2.25. The van der Waals surface area contributed by atoms with E-state index in [1.165, 1.54) is 66.7 Å². The smallest absolute Gasteiger partial charge is 0.328 e. The van der Waals surface area contributed by atoms with Crippen LogP contribution in [0.25, 0.3) is 0 Å². The number of aromatic hydroxyl groups is 2. The van der Waals surface area contributed by atoms with Crippen molar-refractivity contribution < 1.29 is 38.1 Å². The fraction of sp³-hybridized carbons (Fsp3) is 0.250. The lowest BCUT2D eigenvalue weighted by atomic mass is 10.0. The van der Waals surface area contributed by atoms with Crippen LogP contribution >= 0.6 is 0 Å². The Hall–Kier alpha value is -4.51. The summed E-state index contributed by atoms with van der Waals surface area (Å²) in [5, 5.41) is 24.3. The highest BCUT2D eigenvalue weighted by molar-refractivity contribution is 5.92. The van der Waals surface area contributed by atoms with Crippen molar-refractivity contribution in [2.75, 3.05) is 7.11 Å². The van der Waals surface area contributed by atoms with Gasteiger partial charge in [0.15, 0.2) is 11.5 Å². The van der Waals surface area contributed by atoms with Crippen molar-refractivity contribution in [1.29, 1.82) is 0 Å². The first kappa shape index (κ1) is 29.1. The van der Waals surface area contributed by atoms with E-state index in [4.69, 9.17) is 10.5 Å². The van der Waals surface area contributed by atoms with E-state index in [0.717, 1.165) is 7.11 Å². The number of hydrogen-bond donors (Lipinski definition) is 5. The molecule has 9 nitrogen and oxygen atoms in total. The van der Waals surface area contributed by atoms with Crippen molar-refractivity contribution >= 4 is 17.8 Å². The van der Waals surface area contributed by atoms with Gasteiger partial charge >= 0.3 is 5.97 Å². The van der Waals surface area contributed by atoms with Crippen molar-refractivity contribution in [3.63, 3.8) is 0 Å². The van der Waals surface area contributed by atoms with Crippen molar-refractivity contribution in [3.05, 3.63) is 95.1 Å². The van der Waals surface area contributed by atoms with Crippen LogP contribution in [0.2, 0.25) is 0 Å². The molecule has 3 aromatic rings. The number of benzene rings is 3. The molecule has 11 heteroatoms. The van der Waals surface area contributed by atoms with Gasteiger partial charge in [-0.25, -0.2) is 13.6 Å². The van der Waals surface area contributed by atoms with Gasteiger partial charge in [-0.3, -0.25) is 9.59 Å². The van der Waals surface area contributed by atoms with Crippen LogP contribution in [-0.2, 0) is 38.4 Å². The lowest BCUT2D eigenvalue weighted by Crippen LogP contribution is -2.56. The zero-order chi connectivity index (χ0) is 28.5. The molecule has 0 aromatic heterocycles. The number of methoxy groups -OCH3 is 1. The first-order valence-corrected chi connectivity index (χ1v) is 12.0. The standard InChI is InChI=1S/C28H29F2N3O6/c1-39-28(38)23(14-17-4-9-20(30)10-5-17)33-27(37)22(13-16-2-7-19(29)8-3-16)32-26(36)21(31)12-18-6-11-24(34)25(35)15-18/h2-11,15,21-23,34-35H,12-14,31H2,1H3,(H,32,36)(H,33,37)/t21-,22-,23+/m0/s1. The van der Waals surface area contributed by atoms with E-state index >= 15 is 0 Å². The number of phenolic OH excluding ortho intramolecular Hbond substituents is 2. The van der Waals surface area contributed by atoms with E-state index in [0.29, 0.717) is 16.7 Å². The lowest BCUT2D eigenvalue weighted by Gasteiger charge is -2.24. The maximum Gasteiger partial charge on any atom is 0.328 e. The first-order chi connectivity index (χ1) is 18.5. The molecule has 39 heavy (non-hydrogen) atoms. The summed E-state index contributed by atoms with van der Waals surface area (Å²) < 4.78 is 31.5. The molecule has 3 aromatic carbocycles. The number of nitrogens with two attached hydrogens (primary N) is 1. The largest absolute Gasteiger partial charge is 0.504 e. The topological polar surface area (TPSA) is 151 Å². The zero-order valence-corrected chi connectivity index (χ0v) is 21.1. The third kappa shape index (κ3) is 8.50. The van der Waals surface area contributed by atoms with E-state index < -0.39 is 47.5 Å². The Morgan fingerprint density at radius 3 is 1.74 bits per heavy atom. The molecule has 206 valence electrons. The maximum absolute atomic E-state index is 13.4. The van der Waals surface area contributed by atoms with Crippen LogP contribution in [0.1, 0.15) is 16.7 Å². The first-order valence-electron chi connectivity index (χ1n) is 12.0. The van der Waals surface area contributed by atoms with Crippen LogP contribution in [-0.4, -0.2) is 53.2 Å². The summed E-state index contributed by atoms with van der Waals surface area (Å²) >= 11 is 0. The van der Waals surface area contributed by atoms with Gasteiger partial charge in [0.1, 0.15) is 23.7 Å². The summed E-state index contributed by atoms with van der Waals surface area (Å²) in [5.74, 6) is -3.80. The van der Waals surface area contributed by atoms with E-state index in [1.807, 2.05) is 0 Å². The van der Waals surface area contributed by atoms with Crippen LogP contribution < -0.4 is 16.4 Å². The minimum Gasteiger partial charge on any atom is -0.504 e. The van der Waals surface area contributed by atoms with Crippen LogP contribution in [0, 0.1) is 11.6 Å². The second-order valence-corrected chi connectivity index (χ2v) is 8.94. The van der Waals surface area contributed by atoms with Crippen molar-refractivity contribution in [2.45, 2.75) is 37.4 Å². The molecule has 0 saturated carbocycles. The fourth-order valence-corrected chi connectivity index (χ4v) is 3.85. The highest BCUT2D eigenvalue weighted by atomic mass is 19.1. The van der Waals surface area contributed by atoms with Crippen LogP contribution in [0.15, 0.2) is 66.7 Å². The molecular weight excluding hydrogens is 512 g/mol. The summed E-state index contributed by atoms with van der Waals surface area (Å²) in [4.78, 5) is 38.7. The minimum absolute atomic E-state index is 0.000231. The summed E-state index contributed by atoms with van der Waals surface area (Å²) in [6.45, 7) is 0. The molecule has 0 aliphatic carbocycles. The van der Waals surface area contributed by atoms with Gasteiger partial charge in [-0.1, -0.05) is 30.3 Å². The molecule has 0 unspecified atom stereocenters. The molecule has 0 saturated heterocycles. The van der Waals surface area contributed by atoms with Gasteiger partial charge in [0.25, 0.3) is 0 Å². The number of amides is 2. The van der Waals surface area contributed by atoms with Gasteiger partial charge in [0, 0.05) is 12.8 Å². The maximum atomic E-state index is 13.4. The number of rotatable bonds is 11. The van der Waals surface area contributed by atoms with Gasteiger partial charge in [-0.15, -0.1) is 0 Å². The fourth-order valence-electron chi connectivity index (χ4n) is 3.85. The molecule has 6 N–H and O–H groups in total. The number of halogens is 2. The Balaban J connectivity index is 1.78. The molecule has 0 aliphatic heterocycles. The number of hydrogen-bond acceptors (Lipinski definition) is 7. The monoisotopic (exact) mass is 541 g/mol. The molecule has 0 spiro atoms. The van der Waals surface area contributed by atoms with Gasteiger partial charge in [-0.05, 0) is 59.5 Å². The quantitative estimate of drug-likeness (QED) is 0.184. The second-order valence-electron chi connectivity index (χ2n) is 8.94. The normalized spacial score (nSPS) is 13.1. The van der Waals surface area contributed by atoms with Gasteiger partial charge in [0.05, 0.1) is 13.2 Å². The van der Waals surface area contributed by atoms with Gasteiger partial charge < -0.3 is 31.3 Å². The summed E-state index contributed by atoms with van der Waals surface area (Å²) in [6, 6.07) is 11.2. The van der Waals surface area contributed by atoms with Crippen LogP contribution in [0.3, 0.4) is 0 Å². The number of phenols is 2. The highest BCUT2D eigenvalue weighted by Gasteiger charge is 2.29. The minimum atomic E-state index is -1.21. The van der Waals surface area contributed by atoms with E-state index in [1.54, 1.807) is 0 Å². The molecule has 2 amide bonds. The predicted molar refractivity (Wildman–Crippen MR) is 138 cm³/mol. The Kier molecular flexibility index (Phi) is 9.93. The number of ether oxygens (including phenoxy) is 1. The Morgan fingerprint density at radius 2 is 1.23 bits per heavy atom. The summed E-state index contributed by atoms with van der Waals surface area (Å²) in [6.07, 6.45) is -0.0608. The molecule has 3 rings (SSSR count). The zero-order valence-electron chi connectivity index (χ0n) is 21.1. The number of carbonyl (C=O) groups is 3.